The van der Waals surface area contributed by atoms with Crippen molar-refractivity contribution in [2.24, 2.45) is 0 Å². The third-order valence-corrected chi connectivity index (χ3v) is 5.00. The lowest BCUT2D eigenvalue weighted by molar-refractivity contribution is 0.00578. The summed E-state index contributed by atoms with van der Waals surface area (Å²) in [4.78, 5) is 0. The maximum atomic E-state index is 6.13. The third kappa shape index (κ3) is 3.17. The number of anilines is 1. The molecule has 0 atom stereocenters. The fourth-order valence-corrected chi connectivity index (χ4v) is 2.83. The molecule has 3 rings (SSSR count). The van der Waals surface area contributed by atoms with Crippen LogP contribution in [-0.2, 0) is 14.0 Å². The highest BCUT2D eigenvalue weighted by atomic mass is 16.7. The van der Waals surface area contributed by atoms with Crippen molar-refractivity contribution in [2.45, 2.75) is 57.8 Å². The Labute approximate surface area is 133 Å². The third-order valence-electron chi connectivity index (χ3n) is 5.00. The van der Waals surface area contributed by atoms with E-state index in [9.17, 15) is 0 Å². The Morgan fingerprint density at radius 1 is 1.05 bits per heavy atom. The number of nitrogens with one attached hydrogen (secondary N) is 1. The molecule has 1 aromatic carbocycles. The number of rotatable bonds is 3. The molecule has 2 aliphatic rings. The predicted octanol–water partition coefficient (Wildman–Crippen LogP) is 2.58. The van der Waals surface area contributed by atoms with Gasteiger partial charge in [-0.05, 0) is 58.1 Å². The van der Waals surface area contributed by atoms with Gasteiger partial charge in [-0.15, -0.1) is 0 Å². The van der Waals surface area contributed by atoms with E-state index in [0.717, 1.165) is 37.2 Å². The first kappa shape index (κ1) is 15.8. The van der Waals surface area contributed by atoms with Gasteiger partial charge in [0.05, 0.1) is 11.2 Å². The highest BCUT2D eigenvalue weighted by Gasteiger charge is 2.51. The molecular weight excluding hydrogens is 277 g/mol. The molecule has 1 N–H and O–H groups in total. The lowest BCUT2D eigenvalue weighted by Gasteiger charge is -2.32. The van der Waals surface area contributed by atoms with Gasteiger partial charge >= 0.3 is 7.12 Å². The van der Waals surface area contributed by atoms with E-state index in [2.05, 4.69) is 57.3 Å². The summed E-state index contributed by atoms with van der Waals surface area (Å²) in [6.07, 6.45) is 2.11. The highest BCUT2D eigenvalue weighted by molar-refractivity contribution is 6.62. The van der Waals surface area contributed by atoms with Gasteiger partial charge in [0.2, 0.25) is 0 Å². The molecule has 22 heavy (non-hydrogen) atoms. The minimum atomic E-state index is -0.304. The summed E-state index contributed by atoms with van der Waals surface area (Å²) < 4.78 is 17.7. The lowest BCUT2D eigenvalue weighted by atomic mass is 9.79. The van der Waals surface area contributed by atoms with Crippen molar-refractivity contribution in [2.75, 3.05) is 18.5 Å². The SMILES string of the molecule is CC1(C)OB(c2cccc(NC3CCOCC3)c2)OC1(C)C. The van der Waals surface area contributed by atoms with E-state index < -0.39 is 0 Å². The molecule has 0 spiro atoms. The molecule has 2 fully saturated rings. The maximum Gasteiger partial charge on any atom is 0.494 e. The summed E-state index contributed by atoms with van der Waals surface area (Å²) in [5.41, 5.74) is 1.58. The van der Waals surface area contributed by atoms with Crippen molar-refractivity contribution in [3.63, 3.8) is 0 Å². The Bertz CT molecular complexity index is 510. The molecular formula is C17H26BNO3. The monoisotopic (exact) mass is 303 g/mol. The standard InChI is InChI=1S/C17H26BNO3/c1-16(2)17(3,4)22-18(21-16)13-6-5-7-15(12-13)19-14-8-10-20-11-9-14/h5-7,12,14,19H,8-11H2,1-4H3. The van der Waals surface area contributed by atoms with Crippen LogP contribution in [0.15, 0.2) is 24.3 Å². The van der Waals surface area contributed by atoms with Crippen molar-refractivity contribution in [3.8, 4) is 0 Å². The molecule has 0 unspecified atom stereocenters. The molecule has 4 nitrogen and oxygen atoms in total. The van der Waals surface area contributed by atoms with Gasteiger partial charge in [-0.3, -0.25) is 0 Å². The van der Waals surface area contributed by atoms with E-state index in [1.807, 2.05) is 0 Å². The van der Waals surface area contributed by atoms with Crippen molar-refractivity contribution < 1.29 is 14.0 Å². The van der Waals surface area contributed by atoms with Gasteiger partial charge in [-0.1, -0.05) is 12.1 Å². The minimum absolute atomic E-state index is 0.304. The van der Waals surface area contributed by atoms with E-state index in [4.69, 9.17) is 14.0 Å². The summed E-state index contributed by atoms with van der Waals surface area (Å²) in [7, 11) is -0.304. The van der Waals surface area contributed by atoms with Crippen LogP contribution in [0, 0.1) is 0 Å². The van der Waals surface area contributed by atoms with Crippen molar-refractivity contribution in [1.82, 2.24) is 0 Å². The average molecular weight is 303 g/mol. The Morgan fingerprint density at radius 2 is 1.68 bits per heavy atom. The van der Waals surface area contributed by atoms with Gasteiger partial charge in [-0.25, -0.2) is 0 Å². The topological polar surface area (TPSA) is 39.7 Å². The van der Waals surface area contributed by atoms with Crippen LogP contribution in [-0.4, -0.2) is 37.6 Å². The molecule has 0 saturated carbocycles. The highest BCUT2D eigenvalue weighted by Crippen LogP contribution is 2.36. The van der Waals surface area contributed by atoms with Crippen LogP contribution in [0.2, 0.25) is 0 Å². The van der Waals surface area contributed by atoms with Gasteiger partial charge < -0.3 is 19.4 Å². The van der Waals surface area contributed by atoms with Crippen LogP contribution >= 0.6 is 0 Å². The number of ether oxygens (including phenoxy) is 1. The Hall–Kier alpha value is -1.04. The van der Waals surface area contributed by atoms with E-state index in [0.29, 0.717) is 6.04 Å². The van der Waals surface area contributed by atoms with Crippen LogP contribution in [0.4, 0.5) is 5.69 Å². The second-order valence-electron chi connectivity index (χ2n) is 7.24. The fourth-order valence-electron chi connectivity index (χ4n) is 2.83. The summed E-state index contributed by atoms with van der Waals surface area (Å²) >= 11 is 0. The molecule has 5 heteroatoms. The van der Waals surface area contributed by atoms with Crippen LogP contribution in [0.5, 0.6) is 0 Å². The van der Waals surface area contributed by atoms with Crippen molar-refractivity contribution >= 4 is 18.3 Å². The fraction of sp³-hybridized carbons (Fsp3) is 0.647. The quantitative estimate of drug-likeness (QED) is 0.871. The number of hydrogen-bond donors (Lipinski definition) is 1. The molecule has 0 radical (unpaired) electrons. The first-order valence-electron chi connectivity index (χ1n) is 8.17. The lowest BCUT2D eigenvalue weighted by Crippen LogP contribution is -2.41. The first-order chi connectivity index (χ1) is 10.4. The first-order valence-corrected chi connectivity index (χ1v) is 8.17. The number of hydrogen-bond acceptors (Lipinski definition) is 4. The molecule has 2 aliphatic heterocycles. The number of benzene rings is 1. The average Bonchev–Trinajstić information content (AvgIpc) is 2.69. The second-order valence-corrected chi connectivity index (χ2v) is 7.24. The van der Waals surface area contributed by atoms with Gasteiger partial charge in [0.1, 0.15) is 0 Å². The van der Waals surface area contributed by atoms with Crippen molar-refractivity contribution in [3.05, 3.63) is 24.3 Å². The van der Waals surface area contributed by atoms with Crippen LogP contribution in [0.3, 0.4) is 0 Å². The van der Waals surface area contributed by atoms with Crippen LogP contribution in [0.25, 0.3) is 0 Å². The Kier molecular flexibility index (Phi) is 4.23. The molecule has 120 valence electrons. The van der Waals surface area contributed by atoms with Crippen molar-refractivity contribution in [1.29, 1.82) is 0 Å². The van der Waals surface area contributed by atoms with Gasteiger partial charge in [0.25, 0.3) is 0 Å². The minimum Gasteiger partial charge on any atom is -0.399 e. The Morgan fingerprint density at radius 3 is 2.32 bits per heavy atom. The van der Waals surface area contributed by atoms with E-state index >= 15 is 0 Å². The molecule has 0 amide bonds. The zero-order valence-electron chi connectivity index (χ0n) is 14.0. The zero-order valence-corrected chi connectivity index (χ0v) is 14.0. The Balaban J connectivity index is 1.72. The van der Waals surface area contributed by atoms with Crippen LogP contribution in [0.1, 0.15) is 40.5 Å². The van der Waals surface area contributed by atoms with E-state index in [1.165, 1.54) is 0 Å². The summed E-state index contributed by atoms with van der Waals surface area (Å²) in [5.74, 6) is 0. The molecule has 0 aliphatic carbocycles. The molecule has 0 bridgehead atoms. The second kappa shape index (κ2) is 5.87. The summed E-state index contributed by atoms with van der Waals surface area (Å²) in [6, 6.07) is 8.85. The van der Waals surface area contributed by atoms with E-state index in [1.54, 1.807) is 0 Å². The van der Waals surface area contributed by atoms with Gasteiger partial charge in [0.15, 0.2) is 0 Å². The smallest absolute Gasteiger partial charge is 0.399 e. The van der Waals surface area contributed by atoms with Gasteiger partial charge in [-0.2, -0.15) is 0 Å². The zero-order chi connectivity index (χ0) is 15.8. The predicted molar refractivity (Wildman–Crippen MR) is 89.6 cm³/mol. The summed E-state index contributed by atoms with van der Waals surface area (Å²) in [6.45, 7) is 10.0. The van der Waals surface area contributed by atoms with Gasteiger partial charge in [0, 0.05) is 24.9 Å². The molecule has 1 aromatic rings. The normalized spacial score (nSPS) is 24.5. The molecule has 2 saturated heterocycles. The molecule has 2 heterocycles. The van der Waals surface area contributed by atoms with E-state index in [-0.39, 0.29) is 18.3 Å². The summed E-state index contributed by atoms with van der Waals surface area (Å²) in [5, 5.41) is 3.60. The largest absolute Gasteiger partial charge is 0.494 e. The maximum absolute atomic E-state index is 6.13. The van der Waals surface area contributed by atoms with Crippen LogP contribution < -0.4 is 10.8 Å². The molecule has 0 aromatic heterocycles.